The van der Waals surface area contributed by atoms with E-state index in [1.807, 2.05) is 12.1 Å². The molecule has 2 N–H and O–H groups in total. The molecule has 1 amide bonds. The van der Waals surface area contributed by atoms with E-state index in [-0.39, 0.29) is 11.4 Å². The summed E-state index contributed by atoms with van der Waals surface area (Å²) in [5.74, 6) is 3.67. The highest BCUT2D eigenvalue weighted by Crippen LogP contribution is 2.55. The molecule has 146 valence electrons. The lowest BCUT2D eigenvalue weighted by Crippen LogP contribution is -3.09. The first-order valence-electron chi connectivity index (χ1n) is 10.5. The van der Waals surface area contributed by atoms with Crippen LogP contribution in [0.2, 0.25) is 0 Å². The highest BCUT2D eigenvalue weighted by molar-refractivity contribution is 5.77. The van der Waals surface area contributed by atoms with Crippen molar-refractivity contribution in [2.75, 3.05) is 20.2 Å². The van der Waals surface area contributed by atoms with E-state index < -0.39 is 0 Å². The highest BCUT2D eigenvalue weighted by Gasteiger charge is 2.51. The molecule has 4 saturated carbocycles. The third-order valence-corrected chi connectivity index (χ3v) is 6.70. The smallest absolute Gasteiger partial charge is 0.275 e. The van der Waals surface area contributed by atoms with Gasteiger partial charge in [-0.25, -0.2) is 0 Å². The minimum absolute atomic E-state index is 0.121. The average molecular weight is 370 g/mol. The number of rotatable bonds is 8. The Kier molecular flexibility index (Phi) is 5.27. The lowest BCUT2D eigenvalue weighted by molar-refractivity contribution is -0.885. The monoisotopic (exact) mass is 369 g/mol. The number of benzene rings is 1. The van der Waals surface area contributed by atoms with Crippen LogP contribution in [0.25, 0.3) is 0 Å². The van der Waals surface area contributed by atoms with Crippen molar-refractivity contribution < 1.29 is 14.4 Å². The first-order valence-corrected chi connectivity index (χ1v) is 10.5. The van der Waals surface area contributed by atoms with Crippen LogP contribution >= 0.6 is 0 Å². The van der Waals surface area contributed by atoms with Crippen molar-refractivity contribution in [2.45, 2.75) is 50.6 Å². The second-order valence-corrected chi connectivity index (χ2v) is 9.30. The van der Waals surface area contributed by atoms with Gasteiger partial charge in [-0.2, -0.15) is 0 Å². The number of quaternary nitrogens is 1. The molecule has 1 unspecified atom stereocenters. The van der Waals surface area contributed by atoms with Gasteiger partial charge in [0.1, 0.15) is 18.9 Å². The Labute approximate surface area is 163 Å². The van der Waals surface area contributed by atoms with Gasteiger partial charge in [0.25, 0.3) is 5.91 Å². The molecule has 4 aliphatic carbocycles. The van der Waals surface area contributed by atoms with Crippen molar-refractivity contribution in [3.63, 3.8) is 0 Å². The van der Waals surface area contributed by atoms with Crippen LogP contribution in [0.3, 0.4) is 0 Å². The standard InChI is InChI=1S/C23H32N2O2/c1-3-8-27-21-6-4-17(5-7-21)15-25(2)16-22(26)24-23-12-18-9-19(13-23)11-20(10-18)14-23/h3-7,18-20H,1,8-16H2,2H3,(H,24,26)/p+1. The number of amides is 1. The maximum atomic E-state index is 12.7. The van der Waals surface area contributed by atoms with E-state index >= 15 is 0 Å². The molecule has 0 heterocycles. The molecule has 0 saturated heterocycles. The van der Waals surface area contributed by atoms with Crippen LogP contribution in [0, 0.1) is 17.8 Å². The van der Waals surface area contributed by atoms with Gasteiger partial charge in [-0.15, -0.1) is 0 Å². The lowest BCUT2D eigenvalue weighted by Gasteiger charge is -2.56. The van der Waals surface area contributed by atoms with E-state index in [9.17, 15) is 4.79 Å². The topological polar surface area (TPSA) is 42.8 Å². The third kappa shape index (κ3) is 4.37. The Morgan fingerprint density at radius 2 is 1.78 bits per heavy atom. The molecule has 4 bridgehead atoms. The number of nitrogens with one attached hydrogen (secondary N) is 2. The van der Waals surface area contributed by atoms with Crippen LogP contribution in [0.5, 0.6) is 5.75 Å². The fraction of sp³-hybridized carbons (Fsp3) is 0.609. The van der Waals surface area contributed by atoms with Gasteiger partial charge in [-0.1, -0.05) is 12.7 Å². The Hall–Kier alpha value is -1.81. The molecule has 4 aliphatic rings. The Balaban J connectivity index is 1.27. The van der Waals surface area contributed by atoms with Gasteiger partial charge >= 0.3 is 0 Å². The van der Waals surface area contributed by atoms with E-state index in [2.05, 4.69) is 31.1 Å². The van der Waals surface area contributed by atoms with Crippen molar-refractivity contribution in [1.82, 2.24) is 5.32 Å². The zero-order valence-corrected chi connectivity index (χ0v) is 16.5. The molecular weight excluding hydrogens is 336 g/mol. The summed E-state index contributed by atoms with van der Waals surface area (Å²) >= 11 is 0. The summed E-state index contributed by atoms with van der Waals surface area (Å²) in [6.45, 7) is 5.57. The summed E-state index contributed by atoms with van der Waals surface area (Å²) in [4.78, 5) is 14.0. The zero-order valence-electron chi connectivity index (χ0n) is 16.5. The van der Waals surface area contributed by atoms with E-state index in [1.165, 1.54) is 49.0 Å². The molecule has 1 aromatic carbocycles. The molecule has 4 heteroatoms. The molecular formula is C23H33N2O2+. The van der Waals surface area contributed by atoms with Crippen LogP contribution < -0.4 is 15.0 Å². The maximum Gasteiger partial charge on any atom is 0.275 e. The first-order chi connectivity index (χ1) is 13.0. The highest BCUT2D eigenvalue weighted by atomic mass is 16.5. The average Bonchev–Trinajstić information content (AvgIpc) is 2.59. The van der Waals surface area contributed by atoms with Crippen LogP contribution in [0.15, 0.2) is 36.9 Å². The van der Waals surface area contributed by atoms with Crippen molar-refractivity contribution in [3.8, 4) is 5.75 Å². The third-order valence-electron chi connectivity index (χ3n) is 6.70. The number of hydrogen-bond acceptors (Lipinski definition) is 2. The molecule has 0 radical (unpaired) electrons. The van der Waals surface area contributed by atoms with Gasteiger partial charge in [0.05, 0.1) is 7.05 Å². The summed E-state index contributed by atoms with van der Waals surface area (Å²) in [6.07, 6.45) is 9.63. The van der Waals surface area contributed by atoms with Crippen molar-refractivity contribution >= 4 is 5.91 Å². The van der Waals surface area contributed by atoms with Gasteiger partial charge in [-0.05, 0) is 80.5 Å². The number of carbonyl (C=O) groups is 1. The fourth-order valence-corrected chi connectivity index (χ4v) is 6.15. The largest absolute Gasteiger partial charge is 0.490 e. The predicted molar refractivity (Wildman–Crippen MR) is 107 cm³/mol. The van der Waals surface area contributed by atoms with Crippen LogP contribution in [-0.4, -0.2) is 31.6 Å². The van der Waals surface area contributed by atoms with Gasteiger partial charge in [-0.3, -0.25) is 4.79 Å². The molecule has 4 nitrogen and oxygen atoms in total. The van der Waals surface area contributed by atoms with Crippen LogP contribution in [0.4, 0.5) is 0 Å². The number of likely N-dealkylation sites (N-methyl/N-ethyl adjacent to an activating group) is 1. The molecule has 4 fully saturated rings. The minimum Gasteiger partial charge on any atom is -0.490 e. The second-order valence-electron chi connectivity index (χ2n) is 9.30. The van der Waals surface area contributed by atoms with E-state index in [0.29, 0.717) is 13.2 Å². The molecule has 0 aromatic heterocycles. The molecule has 5 rings (SSSR count). The maximum absolute atomic E-state index is 12.7. The quantitative estimate of drug-likeness (QED) is 0.691. The Morgan fingerprint density at radius 3 is 2.33 bits per heavy atom. The molecule has 1 atom stereocenters. The minimum atomic E-state index is 0.121. The Morgan fingerprint density at radius 1 is 1.19 bits per heavy atom. The fourth-order valence-electron chi connectivity index (χ4n) is 6.15. The van der Waals surface area contributed by atoms with Gasteiger partial charge in [0.2, 0.25) is 0 Å². The van der Waals surface area contributed by atoms with E-state index in [0.717, 1.165) is 30.0 Å². The van der Waals surface area contributed by atoms with Crippen LogP contribution in [-0.2, 0) is 11.3 Å². The number of carbonyl (C=O) groups excluding carboxylic acids is 1. The van der Waals surface area contributed by atoms with Crippen molar-refractivity contribution in [1.29, 1.82) is 0 Å². The van der Waals surface area contributed by atoms with E-state index in [4.69, 9.17) is 4.74 Å². The van der Waals surface area contributed by atoms with E-state index in [1.54, 1.807) is 6.08 Å². The van der Waals surface area contributed by atoms with Crippen molar-refractivity contribution in [3.05, 3.63) is 42.5 Å². The Bertz CT molecular complexity index is 647. The first kappa shape index (κ1) is 18.5. The normalized spacial score (nSPS) is 32.1. The predicted octanol–water partition coefficient (Wildman–Crippen LogP) is 2.35. The van der Waals surface area contributed by atoms with Gasteiger partial charge in [0, 0.05) is 11.1 Å². The lowest BCUT2D eigenvalue weighted by atomic mass is 9.53. The zero-order chi connectivity index (χ0) is 18.9. The summed E-state index contributed by atoms with van der Waals surface area (Å²) in [7, 11) is 2.10. The molecule has 0 aliphatic heterocycles. The summed E-state index contributed by atoms with van der Waals surface area (Å²) < 4.78 is 5.53. The van der Waals surface area contributed by atoms with Crippen molar-refractivity contribution in [2.24, 2.45) is 17.8 Å². The molecule has 27 heavy (non-hydrogen) atoms. The SMILES string of the molecule is C=CCOc1ccc(C[NH+](C)CC(=O)NC23CC4CC(CC(C4)C2)C3)cc1. The molecule has 0 spiro atoms. The van der Waals surface area contributed by atoms with Gasteiger partial charge in [0.15, 0.2) is 6.54 Å². The number of hydrogen-bond donors (Lipinski definition) is 2. The summed E-state index contributed by atoms with van der Waals surface area (Å²) in [6, 6.07) is 8.14. The molecule has 1 aromatic rings. The van der Waals surface area contributed by atoms with Gasteiger partial charge < -0.3 is 15.0 Å². The second kappa shape index (κ2) is 7.67. The summed E-state index contributed by atoms with van der Waals surface area (Å²) in [5.41, 5.74) is 1.34. The number of ether oxygens (including phenoxy) is 1. The van der Waals surface area contributed by atoms with Crippen LogP contribution in [0.1, 0.15) is 44.1 Å². The summed E-state index contributed by atoms with van der Waals surface area (Å²) in [5, 5.41) is 3.48.